The molecule has 0 bridgehead atoms. The Kier molecular flexibility index (Phi) is 8.86. The van der Waals surface area contributed by atoms with Gasteiger partial charge in [-0.2, -0.15) is 0 Å². The Hall–Kier alpha value is -0.860. The number of nitrogens with two attached hydrogens (primary N) is 1. The van der Waals surface area contributed by atoms with Gasteiger partial charge in [-0.25, -0.2) is 0 Å². The summed E-state index contributed by atoms with van der Waals surface area (Å²) in [5, 5.41) is 3.15. The Balaban J connectivity index is 0.00000264. The fraction of sp³-hybridized carbons (Fsp3) is 0.588. The normalized spacial score (nSPS) is 18.5. The molecular weight excluding hydrogens is 401 g/mol. The number of benzene rings is 1. The van der Waals surface area contributed by atoms with E-state index in [1.165, 1.54) is 0 Å². The van der Waals surface area contributed by atoms with E-state index >= 15 is 0 Å². The number of aliphatic imine (C=N–C) groups is 1. The van der Waals surface area contributed by atoms with E-state index in [0.29, 0.717) is 17.9 Å². The lowest BCUT2D eigenvalue weighted by Gasteiger charge is -2.39. The first-order valence-corrected chi connectivity index (χ1v) is 8.11. The first-order chi connectivity index (χ1) is 10.6. The third kappa shape index (κ3) is 6.64. The van der Waals surface area contributed by atoms with Crippen LogP contribution < -0.4 is 11.1 Å². The number of para-hydroxylation sites is 1. The fourth-order valence-corrected chi connectivity index (χ4v) is 2.80. The van der Waals surface area contributed by atoms with Gasteiger partial charge >= 0.3 is 0 Å². The molecule has 0 aromatic heterocycles. The molecule has 0 spiro atoms. The lowest BCUT2D eigenvalue weighted by atomic mass is 10.0. The number of rotatable bonds is 5. The third-order valence-corrected chi connectivity index (χ3v) is 4.27. The van der Waals surface area contributed by atoms with Gasteiger partial charge in [-0.3, -0.25) is 9.89 Å². The number of likely N-dealkylation sites (N-methyl/N-ethyl adjacent to an activating group) is 1. The van der Waals surface area contributed by atoms with Gasteiger partial charge in [-0.1, -0.05) is 32.0 Å². The van der Waals surface area contributed by atoms with Crippen LogP contribution in [0.25, 0.3) is 0 Å². The molecule has 0 amide bonds. The number of anilines is 1. The van der Waals surface area contributed by atoms with E-state index in [0.717, 1.165) is 38.4 Å². The highest BCUT2D eigenvalue weighted by molar-refractivity contribution is 14.0. The van der Waals surface area contributed by atoms with Gasteiger partial charge in [0.1, 0.15) is 0 Å². The average Bonchev–Trinajstić information content (AvgIpc) is 2.50. The third-order valence-electron chi connectivity index (χ3n) is 4.27. The highest BCUT2D eigenvalue weighted by atomic mass is 127. The van der Waals surface area contributed by atoms with Crippen LogP contribution >= 0.6 is 24.0 Å². The summed E-state index contributed by atoms with van der Waals surface area (Å²) in [5.41, 5.74) is 6.99. The van der Waals surface area contributed by atoms with Crippen molar-refractivity contribution in [2.24, 2.45) is 16.6 Å². The lowest BCUT2D eigenvalue weighted by molar-refractivity contribution is 0.0926. The second kappa shape index (κ2) is 10.1. The van der Waals surface area contributed by atoms with Crippen molar-refractivity contribution in [1.29, 1.82) is 0 Å². The SMILES string of the molecule is CC(C)C(CN=C(N)Nc1ccccc1)N1CCN(C)CC1.I. The van der Waals surface area contributed by atoms with Crippen molar-refractivity contribution in [1.82, 2.24) is 9.80 Å². The number of nitrogens with one attached hydrogen (secondary N) is 1. The summed E-state index contributed by atoms with van der Waals surface area (Å²) in [7, 11) is 2.18. The van der Waals surface area contributed by atoms with Gasteiger partial charge in [-0.05, 0) is 25.1 Å². The zero-order chi connectivity index (χ0) is 15.9. The summed E-state index contributed by atoms with van der Waals surface area (Å²) >= 11 is 0. The molecule has 1 aromatic rings. The molecule has 1 saturated heterocycles. The smallest absolute Gasteiger partial charge is 0.193 e. The molecule has 0 radical (unpaired) electrons. The van der Waals surface area contributed by atoms with Crippen LogP contribution in [0.4, 0.5) is 5.69 Å². The molecular formula is C17H30IN5. The summed E-state index contributed by atoms with van der Waals surface area (Å²) in [4.78, 5) is 9.49. The lowest BCUT2D eigenvalue weighted by Crippen LogP contribution is -2.51. The predicted octanol–water partition coefficient (Wildman–Crippen LogP) is 2.30. The summed E-state index contributed by atoms with van der Waals surface area (Å²) in [5.74, 6) is 1.06. The first-order valence-electron chi connectivity index (χ1n) is 8.11. The molecule has 5 nitrogen and oxygen atoms in total. The Bertz CT molecular complexity index is 469. The minimum Gasteiger partial charge on any atom is -0.370 e. The Morgan fingerprint density at radius 3 is 2.35 bits per heavy atom. The summed E-state index contributed by atoms with van der Waals surface area (Å²) in [6.45, 7) is 9.75. The topological polar surface area (TPSA) is 56.9 Å². The Morgan fingerprint density at radius 2 is 1.78 bits per heavy atom. The van der Waals surface area contributed by atoms with Gasteiger partial charge in [0.15, 0.2) is 5.96 Å². The maximum absolute atomic E-state index is 6.02. The molecule has 1 aromatic carbocycles. The number of nitrogens with zero attached hydrogens (tertiary/aromatic N) is 3. The maximum atomic E-state index is 6.02. The van der Waals surface area contributed by atoms with Crippen LogP contribution in [0.1, 0.15) is 13.8 Å². The van der Waals surface area contributed by atoms with Crippen LogP contribution in [-0.4, -0.2) is 61.6 Å². The molecule has 1 unspecified atom stereocenters. The minimum atomic E-state index is 0. The quantitative estimate of drug-likeness (QED) is 0.427. The summed E-state index contributed by atoms with van der Waals surface area (Å²) < 4.78 is 0. The fourth-order valence-electron chi connectivity index (χ4n) is 2.80. The predicted molar refractivity (Wildman–Crippen MR) is 110 cm³/mol. The number of hydrogen-bond acceptors (Lipinski definition) is 3. The van der Waals surface area contributed by atoms with E-state index in [1.54, 1.807) is 0 Å². The van der Waals surface area contributed by atoms with Crippen LogP contribution in [0.2, 0.25) is 0 Å². The van der Waals surface area contributed by atoms with E-state index in [-0.39, 0.29) is 24.0 Å². The average molecular weight is 431 g/mol. The highest BCUT2D eigenvalue weighted by Crippen LogP contribution is 2.14. The highest BCUT2D eigenvalue weighted by Gasteiger charge is 2.24. The molecule has 1 aliphatic rings. The van der Waals surface area contributed by atoms with Crippen LogP contribution in [0, 0.1) is 5.92 Å². The van der Waals surface area contributed by atoms with Gasteiger partial charge < -0.3 is 16.0 Å². The zero-order valence-corrected chi connectivity index (χ0v) is 16.7. The van der Waals surface area contributed by atoms with Crippen molar-refractivity contribution < 1.29 is 0 Å². The van der Waals surface area contributed by atoms with Crippen LogP contribution in [0.5, 0.6) is 0 Å². The van der Waals surface area contributed by atoms with Gasteiger partial charge in [0.2, 0.25) is 0 Å². The van der Waals surface area contributed by atoms with Gasteiger partial charge in [-0.15, -0.1) is 24.0 Å². The van der Waals surface area contributed by atoms with Crippen molar-refractivity contribution in [2.45, 2.75) is 19.9 Å². The molecule has 1 aliphatic heterocycles. The minimum absolute atomic E-state index is 0. The van der Waals surface area contributed by atoms with E-state index in [1.807, 2.05) is 30.3 Å². The standard InChI is InChI=1S/C17H29N5.HI/c1-14(2)16(22-11-9-21(3)10-12-22)13-19-17(18)20-15-7-5-4-6-8-15;/h4-8,14,16H,9-13H2,1-3H3,(H3,18,19,20);1H. The first kappa shape index (κ1) is 20.2. The van der Waals surface area contributed by atoms with Crippen molar-refractivity contribution in [3.63, 3.8) is 0 Å². The van der Waals surface area contributed by atoms with E-state index in [2.05, 4.69) is 41.0 Å². The monoisotopic (exact) mass is 431 g/mol. The maximum Gasteiger partial charge on any atom is 0.193 e. The number of guanidine groups is 1. The molecule has 130 valence electrons. The van der Waals surface area contributed by atoms with E-state index in [9.17, 15) is 0 Å². The van der Waals surface area contributed by atoms with Crippen molar-refractivity contribution in [3.8, 4) is 0 Å². The summed E-state index contributed by atoms with van der Waals surface area (Å²) in [6, 6.07) is 10.4. The van der Waals surface area contributed by atoms with Crippen LogP contribution in [0.15, 0.2) is 35.3 Å². The largest absolute Gasteiger partial charge is 0.370 e. The molecule has 0 saturated carbocycles. The molecule has 1 heterocycles. The molecule has 6 heteroatoms. The number of piperazine rings is 1. The van der Waals surface area contributed by atoms with Crippen LogP contribution in [0.3, 0.4) is 0 Å². The van der Waals surface area contributed by atoms with E-state index < -0.39 is 0 Å². The number of hydrogen-bond donors (Lipinski definition) is 2. The van der Waals surface area contributed by atoms with Crippen molar-refractivity contribution in [3.05, 3.63) is 30.3 Å². The van der Waals surface area contributed by atoms with Crippen LogP contribution in [-0.2, 0) is 0 Å². The van der Waals surface area contributed by atoms with E-state index in [4.69, 9.17) is 5.73 Å². The van der Waals surface area contributed by atoms with Gasteiger partial charge in [0.25, 0.3) is 0 Å². The molecule has 3 N–H and O–H groups in total. The Labute approximate surface area is 157 Å². The molecule has 0 aliphatic carbocycles. The molecule has 23 heavy (non-hydrogen) atoms. The second-order valence-electron chi connectivity index (χ2n) is 6.37. The summed E-state index contributed by atoms with van der Waals surface area (Å²) in [6.07, 6.45) is 0. The Morgan fingerprint density at radius 1 is 1.17 bits per heavy atom. The second-order valence-corrected chi connectivity index (χ2v) is 6.37. The zero-order valence-electron chi connectivity index (χ0n) is 14.4. The van der Waals surface area contributed by atoms with Gasteiger partial charge in [0.05, 0.1) is 6.54 Å². The number of halogens is 1. The molecule has 1 atom stereocenters. The van der Waals surface area contributed by atoms with Crippen molar-refractivity contribution in [2.75, 3.05) is 45.1 Å². The van der Waals surface area contributed by atoms with Gasteiger partial charge in [0, 0.05) is 37.9 Å². The molecule has 2 rings (SSSR count). The van der Waals surface area contributed by atoms with Crippen molar-refractivity contribution >= 4 is 35.6 Å². The molecule has 1 fully saturated rings.